The van der Waals surface area contributed by atoms with Crippen LogP contribution in [0, 0.1) is 5.82 Å². The topological polar surface area (TPSA) is 41.5 Å². The van der Waals surface area contributed by atoms with Gasteiger partial charge in [0.05, 0.1) is 11.2 Å². The van der Waals surface area contributed by atoms with Crippen LogP contribution >= 0.6 is 22.9 Å². The molecule has 0 spiro atoms. The van der Waals surface area contributed by atoms with Gasteiger partial charge < -0.3 is 0 Å². The quantitative estimate of drug-likeness (QED) is 0.558. The molecule has 2 aromatic carbocycles. The van der Waals surface area contributed by atoms with Gasteiger partial charge in [0.2, 0.25) is 0 Å². The first-order valence-electron chi connectivity index (χ1n) is 6.42. The van der Waals surface area contributed by atoms with Crippen LogP contribution < -0.4 is 5.43 Å². The number of nitrogens with zero attached hydrogens (tertiary/aromatic N) is 1. The van der Waals surface area contributed by atoms with E-state index in [0.717, 1.165) is 10.1 Å². The molecule has 1 N–H and O–H groups in total. The Hall–Kier alpha value is -2.24. The number of fused-ring (bicyclic) bond motifs is 1. The van der Waals surface area contributed by atoms with Crippen LogP contribution in [0.25, 0.3) is 10.1 Å². The molecule has 0 atom stereocenters. The molecule has 0 fully saturated rings. The maximum absolute atomic E-state index is 13.4. The second-order valence-electron chi connectivity index (χ2n) is 4.46. The summed E-state index contributed by atoms with van der Waals surface area (Å²) in [5, 5.41) is 5.01. The third kappa shape index (κ3) is 2.86. The number of benzene rings is 2. The normalized spacial score (nSPS) is 11.2. The molecule has 110 valence electrons. The smallest absolute Gasteiger partial charge is 0.266 e. The van der Waals surface area contributed by atoms with Crippen molar-refractivity contribution in [1.29, 1.82) is 0 Å². The van der Waals surface area contributed by atoms with E-state index in [0.29, 0.717) is 15.5 Å². The number of carbonyl (C=O) groups is 1. The van der Waals surface area contributed by atoms with E-state index in [4.69, 9.17) is 11.6 Å². The lowest BCUT2D eigenvalue weighted by Gasteiger charge is -1.98. The summed E-state index contributed by atoms with van der Waals surface area (Å²) in [5.74, 6) is -0.820. The highest BCUT2D eigenvalue weighted by molar-refractivity contribution is 7.21. The van der Waals surface area contributed by atoms with Gasteiger partial charge in [0.25, 0.3) is 5.91 Å². The minimum Gasteiger partial charge on any atom is -0.266 e. The van der Waals surface area contributed by atoms with Crippen LogP contribution in [0.2, 0.25) is 5.02 Å². The first kappa shape index (κ1) is 14.7. The number of halogens is 2. The van der Waals surface area contributed by atoms with E-state index < -0.39 is 11.7 Å². The molecular weight excluding hydrogens is 323 g/mol. The molecule has 1 aromatic heterocycles. The maximum Gasteiger partial charge on any atom is 0.283 e. The van der Waals surface area contributed by atoms with Gasteiger partial charge in [-0.3, -0.25) is 4.79 Å². The number of amides is 1. The zero-order valence-electron chi connectivity index (χ0n) is 11.2. The van der Waals surface area contributed by atoms with Crippen LogP contribution in [0.5, 0.6) is 0 Å². The van der Waals surface area contributed by atoms with Crippen molar-refractivity contribution in [1.82, 2.24) is 5.43 Å². The van der Waals surface area contributed by atoms with Crippen LogP contribution in [0.4, 0.5) is 4.39 Å². The minimum atomic E-state index is -0.418. The number of carbonyl (C=O) groups excluding carboxylic acids is 1. The molecule has 3 aromatic rings. The molecule has 3 nitrogen and oxygen atoms in total. The van der Waals surface area contributed by atoms with Gasteiger partial charge >= 0.3 is 0 Å². The molecule has 0 radical (unpaired) electrons. The van der Waals surface area contributed by atoms with E-state index in [1.807, 2.05) is 24.3 Å². The fraction of sp³-hybridized carbons (Fsp3) is 0. The average molecular weight is 333 g/mol. The van der Waals surface area contributed by atoms with Crippen molar-refractivity contribution in [3.8, 4) is 0 Å². The van der Waals surface area contributed by atoms with Gasteiger partial charge in [0.1, 0.15) is 10.7 Å². The van der Waals surface area contributed by atoms with Crippen molar-refractivity contribution >= 4 is 45.1 Å². The second-order valence-corrected chi connectivity index (χ2v) is 5.89. The zero-order valence-corrected chi connectivity index (χ0v) is 12.8. The van der Waals surface area contributed by atoms with Gasteiger partial charge in [-0.05, 0) is 12.1 Å². The highest BCUT2D eigenvalue weighted by Gasteiger charge is 2.16. The molecule has 0 aliphatic heterocycles. The van der Waals surface area contributed by atoms with E-state index in [9.17, 15) is 9.18 Å². The van der Waals surface area contributed by atoms with Crippen LogP contribution in [0.1, 0.15) is 15.2 Å². The lowest BCUT2D eigenvalue weighted by atomic mass is 10.2. The minimum absolute atomic E-state index is 0.297. The van der Waals surface area contributed by atoms with Crippen molar-refractivity contribution in [3.63, 3.8) is 0 Å². The van der Waals surface area contributed by atoms with E-state index in [-0.39, 0.29) is 0 Å². The van der Waals surface area contributed by atoms with Crippen LogP contribution in [0.3, 0.4) is 0 Å². The lowest BCUT2D eigenvalue weighted by molar-refractivity contribution is 0.0959. The largest absolute Gasteiger partial charge is 0.283 e. The molecule has 0 unspecified atom stereocenters. The Balaban J connectivity index is 1.79. The average Bonchev–Trinajstić information content (AvgIpc) is 2.87. The first-order valence-corrected chi connectivity index (χ1v) is 7.61. The Morgan fingerprint density at radius 3 is 2.68 bits per heavy atom. The second kappa shape index (κ2) is 6.25. The number of hydrogen-bond donors (Lipinski definition) is 1. The van der Waals surface area contributed by atoms with Crippen molar-refractivity contribution < 1.29 is 9.18 Å². The SMILES string of the molecule is O=C(N/N=C\c1ccccc1F)c1sc2ccccc2c1Cl. The van der Waals surface area contributed by atoms with Crippen LogP contribution in [-0.2, 0) is 0 Å². The Morgan fingerprint density at radius 1 is 1.18 bits per heavy atom. The third-order valence-corrected chi connectivity index (χ3v) is 4.69. The zero-order chi connectivity index (χ0) is 15.5. The summed E-state index contributed by atoms with van der Waals surface area (Å²) < 4.78 is 14.3. The molecule has 0 saturated carbocycles. The summed E-state index contributed by atoms with van der Waals surface area (Å²) in [5.41, 5.74) is 2.66. The fourth-order valence-corrected chi connectivity index (χ4v) is 3.36. The highest BCUT2D eigenvalue weighted by Crippen LogP contribution is 2.34. The number of hydrogen-bond acceptors (Lipinski definition) is 3. The lowest BCUT2D eigenvalue weighted by Crippen LogP contribution is -2.16. The number of thiophene rings is 1. The number of rotatable bonds is 3. The summed E-state index contributed by atoms with van der Waals surface area (Å²) in [6, 6.07) is 13.7. The Kier molecular flexibility index (Phi) is 4.18. The van der Waals surface area contributed by atoms with Gasteiger partial charge in [-0.2, -0.15) is 5.10 Å². The molecule has 0 saturated heterocycles. The Labute approximate surface area is 135 Å². The summed E-state index contributed by atoms with van der Waals surface area (Å²) in [6.07, 6.45) is 1.26. The van der Waals surface area contributed by atoms with Gasteiger partial charge in [0.15, 0.2) is 0 Å². The number of nitrogens with one attached hydrogen (secondary N) is 1. The summed E-state index contributed by atoms with van der Waals surface area (Å²) in [7, 11) is 0. The summed E-state index contributed by atoms with van der Waals surface area (Å²) >= 11 is 7.50. The third-order valence-electron chi connectivity index (χ3n) is 3.02. The van der Waals surface area contributed by atoms with Crippen molar-refractivity contribution in [3.05, 3.63) is 69.8 Å². The van der Waals surface area contributed by atoms with Crippen LogP contribution in [0.15, 0.2) is 53.6 Å². The summed E-state index contributed by atoms with van der Waals surface area (Å²) in [6.45, 7) is 0. The van der Waals surface area contributed by atoms with E-state index >= 15 is 0 Å². The first-order chi connectivity index (χ1) is 10.7. The molecular formula is C16H10ClFN2OS. The molecule has 1 amide bonds. The Bertz CT molecular complexity index is 875. The molecule has 22 heavy (non-hydrogen) atoms. The van der Waals surface area contributed by atoms with Crippen LogP contribution in [-0.4, -0.2) is 12.1 Å². The molecule has 3 rings (SSSR count). The predicted molar refractivity (Wildman–Crippen MR) is 88.3 cm³/mol. The highest BCUT2D eigenvalue weighted by atomic mass is 35.5. The maximum atomic E-state index is 13.4. The molecule has 1 heterocycles. The van der Waals surface area contributed by atoms with Crippen molar-refractivity contribution in [2.24, 2.45) is 5.10 Å². The molecule has 0 aliphatic carbocycles. The summed E-state index contributed by atoms with van der Waals surface area (Å²) in [4.78, 5) is 12.5. The molecule has 0 aliphatic rings. The monoisotopic (exact) mass is 332 g/mol. The van der Waals surface area contributed by atoms with Gasteiger partial charge in [-0.25, -0.2) is 9.82 Å². The van der Waals surface area contributed by atoms with Gasteiger partial charge in [-0.1, -0.05) is 48.0 Å². The van der Waals surface area contributed by atoms with Crippen molar-refractivity contribution in [2.75, 3.05) is 0 Å². The predicted octanol–water partition coefficient (Wildman–Crippen LogP) is 4.46. The van der Waals surface area contributed by atoms with Gasteiger partial charge in [-0.15, -0.1) is 11.3 Å². The standard InChI is InChI=1S/C16H10ClFN2OS/c17-14-11-6-2-4-8-13(11)22-15(14)16(21)20-19-9-10-5-1-3-7-12(10)18/h1-9H,(H,20,21)/b19-9-. The molecule has 6 heteroatoms. The van der Waals surface area contributed by atoms with Gasteiger partial charge in [0, 0.05) is 15.6 Å². The Morgan fingerprint density at radius 2 is 1.91 bits per heavy atom. The molecule has 0 bridgehead atoms. The number of hydrazone groups is 1. The van der Waals surface area contributed by atoms with Crippen molar-refractivity contribution in [2.45, 2.75) is 0 Å². The fourth-order valence-electron chi connectivity index (χ4n) is 1.95. The van der Waals surface area contributed by atoms with E-state index in [1.165, 1.54) is 23.6 Å². The van der Waals surface area contributed by atoms with E-state index in [1.54, 1.807) is 18.2 Å². The van der Waals surface area contributed by atoms with E-state index in [2.05, 4.69) is 10.5 Å².